The van der Waals surface area contributed by atoms with Crippen LogP contribution in [-0.4, -0.2) is 43.2 Å². The maximum Gasteiger partial charge on any atom is 0.411 e. The second-order valence-corrected chi connectivity index (χ2v) is 2.87. The van der Waals surface area contributed by atoms with Crippen LogP contribution in [0.25, 0.3) is 0 Å². The van der Waals surface area contributed by atoms with Crippen molar-refractivity contribution in [2.45, 2.75) is 25.6 Å². The third-order valence-electron chi connectivity index (χ3n) is 1.41. The first-order valence-corrected chi connectivity index (χ1v) is 4.32. The number of aliphatic carboxylic acids is 1. The zero-order chi connectivity index (χ0) is 11.9. The molecule has 0 rings (SSSR count). The third kappa shape index (κ3) is 9.48. The SMILES string of the molecule is C[C@@H](OCCCOCC(F)(F)F)C(=O)O. The number of carboxylic acids is 1. The molecule has 15 heavy (non-hydrogen) atoms. The summed E-state index contributed by atoms with van der Waals surface area (Å²) in [6.07, 6.45) is -5.05. The zero-order valence-corrected chi connectivity index (χ0v) is 8.21. The molecule has 4 nitrogen and oxygen atoms in total. The highest BCUT2D eigenvalue weighted by Gasteiger charge is 2.27. The molecule has 1 atom stereocenters. The highest BCUT2D eigenvalue weighted by molar-refractivity contribution is 5.71. The van der Waals surface area contributed by atoms with E-state index in [1.807, 2.05) is 0 Å². The standard InChI is InChI=1S/C8H13F3O4/c1-6(7(12)13)15-4-2-3-14-5-8(9,10)11/h6H,2-5H2,1H3,(H,12,13)/t6-/m1/s1. The second-order valence-electron chi connectivity index (χ2n) is 2.87. The minimum absolute atomic E-state index is 0.0608. The summed E-state index contributed by atoms with van der Waals surface area (Å²) in [5, 5.41) is 8.39. The molecule has 0 saturated heterocycles. The number of carbonyl (C=O) groups is 1. The fraction of sp³-hybridized carbons (Fsp3) is 0.875. The number of alkyl halides is 3. The molecule has 0 radical (unpaired) electrons. The molecule has 0 unspecified atom stereocenters. The lowest BCUT2D eigenvalue weighted by atomic mass is 10.4. The molecule has 0 aromatic rings. The molecule has 1 N–H and O–H groups in total. The van der Waals surface area contributed by atoms with Gasteiger partial charge in [0.1, 0.15) is 6.61 Å². The maximum absolute atomic E-state index is 11.6. The molecule has 0 aliphatic carbocycles. The van der Waals surface area contributed by atoms with Gasteiger partial charge in [-0.25, -0.2) is 4.79 Å². The van der Waals surface area contributed by atoms with Crippen molar-refractivity contribution in [1.29, 1.82) is 0 Å². The lowest BCUT2D eigenvalue weighted by Crippen LogP contribution is -2.21. The minimum atomic E-state index is -4.32. The van der Waals surface area contributed by atoms with E-state index in [9.17, 15) is 18.0 Å². The summed E-state index contributed by atoms with van der Waals surface area (Å²) in [7, 11) is 0. The number of carboxylic acid groups (broad SMARTS) is 1. The van der Waals surface area contributed by atoms with Gasteiger partial charge in [0.2, 0.25) is 0 Å². The van der Waals surface area contributed by atoms with Gasteiger partial charge in [0.15, 0.2) is 6.10 Å². The molecule has 0 aromatic heterocycles. The van der Waals surface area contributed by atoms with Crippen LogP contribution in [0.5, 0.6) is 0 Å². The predicted molar refractivity (Wildman–Crippen MR) is 44.5 cm³/mol. The van der Waals surface area contributed by atoms with Crippen molar-refractivity contribution >= 4 is 5.97 Å². The van der Waals surface area contributed by atoms with E-state index in [0.29, 0.717) is 0 Å². The quantitative estimate of drug-likeness (QED) is 0.672. The average Bonchev–Trinajstić information content (AvgIpc) is 2.08. The number of halogens is 3. The molecule has 0 fully saturated rings. The number of hydrogen-bond acceptors (Lipinski definition) is 3. The van der Waals surface area contributed by atoms with Crippen LogP contribution in [0.1, 0.15) is 13.3 Å². The molecule has 0 bridgehead atoms. The van der Waals surface area contributed by atoms with Crippen LogP contribution in [0.2, 0.25) is 0 Å². The Labute approximate surface area is 85.0 Å². The van der Waals surface area contributed by atoms with Gasteiger partial charge in [-0.1, -0.05) is 0 Å². The Hall–Kier alpha value is -0.820. The highest BCUT2D eigenvalue weighted by Crippen LogP contribution is 2.14. The van der Waals surface area contributed by atoms with E-state index in [2.05, 4.69) is 4.74 Å². The van der Waals surface area contributed by atoms with Gasteiger partial charge >= 0.3 is 12.1 Å². The molecule has 0 saturated carbocycles. The summed E-state index contributed by atoms with van der Waals surface area (Å²) in [4.78, 5) is 10.2. The van der Waals surface area contributed by atoms with Crippen LogP contribution >= 0.6 is 0 Å². The first-order chi connectivity index (χ1) is 6.83. The number of rotatable bonds is 7. The van der Waals surface area contributed by atoms with E-state index < -0.39 is 24.9 Å². The fourth-order valence-electron chi connectivity index (χ4n) is 0.680. The Morgan fingerprint density at radius 3 is 2.47 bits per heavy atom. The van der Waals surface area contributed by atoms with Gasteiger partial charge in [0.25, 0.3) is 0 Å². The van der Waals surface area contributed by atoms with Gasteiger partial charge in [-0.3, -0.25) is 0 Å². The normalized spacial score (nSPS) is 13.9. The van der Waals surface area contributed by atoms with Crippen molar-refractivity contribution in [3.8, 4) is 0 Å². The smallest absolute Gasteiger partial charge is 0.411 e. The molecular formula is C8H13F3O4. The van der Waals surface area contributed by atoms with Gasteiger partial charge in [0.05, 0.1) is 0 Å². The monoisotopic (exact) mass is 230 g/mol. The van der Waals surface area contributed by atoms with E-state index in [1.165, 1.54) is 6.92 Å². The largest absolute Gasteiger partial charge is 0.479 e. The molecule has 0 amide bonds. The van der Waals surface area contributed by atoms with Gasteiger partial charge in [-0.15, -0.1) is 0 Å². The molecule has 0 aliphatic heterocycles. The van der Waals surface area contributed by atoms with Crippen molar-refractivity contribution in [2.24, 2.45) is 0 Å². The Kier molecular flexibility index (Phi) is 6.26. The van der Waals surface area contributed by atoms with Gasteiger partial charge in [-0.05, 0) is 13.3 Å². The summed E-state index contributed by atoms with van der Waals surface area (Å²) in [5.74, 6) is -1.11. The van der Waals surface area contributed by atoms with Crippen LogP contribution in [-0.2, 0) is 14.3 Å². The molecule has 7 heteroatoms. The fourth-order valence-corrected chi connectivity index (χ4v) is 0.680. The Bertz CT molecular complexity index is 193. The minimum Gasteiger partial charge on any atom is -0.479 e. The van der Waals surface area contributed by atoms with Crippen molar-refractivity contribution in [3.05, 3.63) is 0 Å². The van der Waals surface area contributed by atoms with Crippen molar-refractivity contribution < 1.29 is 32.5 Å². The Morgan fingerprint density at radius 1 is 1.40 bits per heavy atom. The highest BCUT2D eigenvalue weighted by atomic mass is 19.4. The predicted octanol–water partition coefficient (Wildman–Crippen LogP) is 1.45. The molecule has 0 aromatic carbocycles. The molecule has 0 heterocycles. The first-order valence-electron chi connectivity index (χ1n) is 4.32. The van der Waals surface area contributed by atoms with Crippen molar-refractivity contribution in [1.82, 2.24) is 0 Å². The zero-order valence-electron chi connectivity index (χ0n) is 8.21. The topological polar surface area (TPSA) is 55.8 Å². The van der Waals surface area contributed by atoms with E-state index in [1.54, 1.807) is 0 Å². The Morgan fingerprint density at radius 2 is 2.00 bits per heavy atom. The molecule has 0 aliphatic rings. The van der Waals surface area contributed by atoms with Crippen LogP contribution in [0.3, 0.4) is 0 Å². The summed E-state index contributed by atoms with van der Waals surface area (Å²) >= 11 is 0. The molecular weight excluding hydrogens is 217 g/mol. The van der Waals surface area contributed by atoms with Crippen LogP contribution in [0, 0.1) is 0 Å². The van der Waals surface area contributed by atoms with E-state index >= 15 is 0 Å². The summed E-state index contributed by atoms with van der Waals surface area (Å²) < 4.78 is 43.8. The van der Waals surface area contributed by atoms with E-state index in [4.69, 9.17) is 9.84 Å². The second kappa shape index (κ2) is 6.62. The summed E-state index contributed by atoms with van der Waals surface area (Å²) in [5.41, 5.74) is 0. The van der Waals surface area contributed by atoms with Crippen molar-refractivity contribution in [2.75, 3.05) is 19.8 Å². The summed E-state index contributed by atoms with van der Waals surface area (Å²) in [6, 6.07) is 0. The Balaban J connectivity index is 3.29. The van der Waals surface area contributed by atoms with E-state index in [0.717, 1.165) is 0 Å². The number of hydrogen-bond donors (Lipinski definition) is 1. The molecule has 0 spiro atoms. The van der Waals surface area contributed by atoms with Crippen molar-refractivity contribution in [3.63, 3.8) is 0 Å². The number of ether oxygens (including phenoxy) is 2. The first kappa shape index (κ1) is 14.2. The van der Waals surface area contributed by atoms with Gasteiger partial charge in [-0.2, -0.15) is 13.2 Å². The van der Waals surface area contributed by atoms with Crippen LogP contribution < -0.4 is 0 Å². The van der Waals surface area contributed by atoms with Crippen LogP contribution in [0.15, 0.2) is 0 Å². The van der Waals surface area contributed by atoms with Gasteiger partial charge in [0, 0.05) is 13.2 Å². The maximum atomic E-state index is 11.6. The van der Waals surface area contributed by atoms with Gasteiger partial charge < -0.3 is 14.6 Å². The molecule has 90 valence electrons. The summed E-state index contributed by atoms with van der Waals surface area (Å²) in [6.45, 7) is 0.0115. The van der Waals surface area contributed by atoms with E-state index in [-0.39, 0.29) is 19.6 Å². The average molecular weight is 230 g/mol. The lowest BCUT2D eigenvalue weighted by Gasteiger charge is -2.09. The third-order valence-corrected chi connectivity index (χ3v) is 1.41. The lowest BCUT2D eigenvalue weighted by molar-refractivity contribution is -0.174. The van der Waals surface area contributed by atoms with Crippen LogP contribution in [0.4, 0.5) is 13.2 Å².